The molecule has 0 spiro atoms. The molecular weight excluding hydrogens is 448 g/mol. The first kappa shape index (κ1) is 25.5. The van der Waals surface area contributed by atoms with Crippen LogP contribution in [-0.4, -0.2) is 48.5 Å². The standard InChI is InChI=1S/C26H30N4O5/c1-4-5-16-35-22-12-10-19(17-23(22)34-3)25-28-26(32)20(29-30-25)11-13-24(31)27-15-14-18-8-6-7-9-21(18)33-2/h4,6-10,12,17H,1,5,11,13-16H2,2-3H3,(H,27,31)(H,28,30,32). The minimum atomic E-state index is -0.387. The number of aryl methyl sites for hydroxylation is 1. The highest BCUT2D eigenvalue weighted by molar-refractivity contribution is 5.76. The van der Waals surface area contributed by atoms with E-state index >= 15 is 0 Å². The molecular formula is C26H30N4O5. The summed E-state index contributed by atoms with van der Waals surface area (Å²) in [4.78, 5) is 27.5. The van der Waals surface area contributed by atoms with Gasteiger partial charge in [-0.15, -0.1) is 16.8 Å². The monoisotopic (exact) mass is 478 g/mol. The lowest BCUT2D eigenvalue weighted by molar-refractivity contribution is -0.121. The van der Waals surface area contributed by atoms with Crippen molar-refractivity contribution in [1.82, 2.24) is 20.5 Å². The maximum Gasteiger partial charge on any atom is 0.273 e. The van der Waals surface area contributed by atoms with E-state index in [1.54, 1.807) is 38.5 Å². The van der Waals surface area contributed by atoms with E-state index in [9.17, 15) is 9.59 Å². The number of methoxy groups -OCH3 is 2. The largest absolute Gasteiger partial charge is 0.496 e. The summed E-state index contributed by atoms with van der Waals surface area (Å²) in [6, 6.07) is 12.9. The van der Waals surface area contributed by atoms with Crippen molar-refractivity contribution in [3.05, 3.63) is 76.7 Å². The van der Waals surface area contributed by atoms with Crippen LogP contribution in [0.3, 0.4) is 0 Å². The molecule has 2 N–H and O–H groups in total. The first-order valence-corrected chi connectivity index (χ1v) is 11.3. The number of rotatable bonds is 13. The summed E-state index contributed by atoms with van der Waals surface area (Å²) < 4.78 is 16.4. The number of amides is 1. The van der Waals surface area contributed by atoms with Crippen LogP contribution in [0.15, 0.2) is 59.9 Å². The van der Waals surface area contributed by atoms with Crippen LogP contribution in [0.5, 0.6) is 17.2 Å². The number of nitrogens with one attached hydrogen (secondary N) is 2. The second-order valence-electron chi connectivity index (χ2n) is 7.65. The maximum absolute atomic E-state index is 12.5. The van der Waals surface area contributed by atoms with Gasteiger partial charge in [0.1, 0.15) is 11.4 Å². The minimum absolute atomic E-state index is 0.133. The van der Waals surface area contributed by atoms with Crippen LogP contribution in [0.4, 0.5) is 0 Å². The van der Waals surface area contributed by atoms with E-state index < -0.39 is 0 Å². The number of aromatic nitrogens is 3. The molecule has 184 valence electrons. The molecule has 9 nitrogen and oxygen atoms in total. The molecule has 3 rings (SSSR count). The van der Waals surface area contributed by atoms with Gasteiger partial charge in [-0.3, -0.25) is 9.59 Å². The SMILES string of the molecule is C=CCCOc1ccc(-c2nnc(CCC(=O)NCCc3ccccc3OC)c(=O)[nH]2)cc1OC. The summed E-state index contributed by atoms with van der Waals surface area (Å²) in [7, 11) is 3.16. The van der Waals surface area contributed by atoms with Crippen molar-refractivity contribution in [3.63, 3.8) is 0 Å². The summed E-state index contributed by atoms with van der Waals surface area (Å²) in [5.74, 6) is 2.03. The lowest BCUT2D eigenvalue weighted by atomic mass is 10.1. The average molecular weight is 479 g/mol. The fourth-order valence-electron chi connectivity index (χ4n) is 3.41. The number of carbonyl (C=O) groups is 1. The number of hydrogen-bond acceptors (Lipinski definition) is 7. The van der Waals surface area contributed by atoms with E-state index in [4.69, 9.17) is 14.2 Å². The fraction of sp³-hybridized carbons (Fsp3) is 0.308. The number of ether oxygens (including phenoxy) is 3. The lowest BCUT2D eigenvalue weighted by Crippen LogP contribution is -2.27. The van der Waals surface area contributed by atoms with E-state index in [0.717, 1.165) is 11.3 Å². The molecule has 3 aromatic rings. The molecule has 2 aromatic carbocycles. The van der Waals surface area contributed by atoms with Gasteiger partial charge in [-0.2, -0.15) is 0 Å². The second kappa shape index (κ2) is 12.9. The lowest BCUT2D eigenvalue weighted by Gasteiger charge is -2.11. The summed E-state index contributed by atoms with van der Waals surface area (Å²) in [5, 5.41) is 11.0. The number of para-hydroxylation sites is 1. The Morgan fingerprint density at radius 3 is 2.60 bits per heavy atom. The number of hydrogen-bond donors (Lipinski definition) is 2. The molecule has 1 aromatic heterocycles. The molecule has 1 amide bonds. The Morgan fingerprint density at radius 1 is 1.06 bits per heavy atom. The highest BCUT2D eigenvalue weighted by atomic mass is 16.5. The zero-order valence-electron chi connectivity index (χ0n) is 20.0. The van der Waals surface area contributed by atoms with Gasteiger partial charge in [0.2, 0.25) is 5.91 Å². The molecule has 9 heteroatoms. The fourth-order valence-corrected chi connectivity index (χ4v) is 3.41. The second-order valence-corrected chi connectivity index (χ2v) is 7.65. The molecule has 0 fully saturated rings. The van der Waals surface area contributed by atoms with E-state index in [1.807, 2.05) is 24.3 Å². The highest BCUT2D eigenvalue weighted by Gasteiger charge is 2.12. The molecule has 1 heterocycles. The quantitative estimate of drug-likeness (QED) is 0.286. The van der Waals surface area contributed by atoms with Gasteiger partial charge in [0.05, 0.1) is 20.8 Å². The minimum Gasteiger partial charge on any atom is -0.496 e. The number of H-pyrrole nitrogens is 1. The van der Waals surface area contributed by atoms with Gasteiger partial charge < -0.3 is 24.5 Å². The smallest absolute Gasteiger partial charge is 0.273 e. The van der Waals surface area contributed by atoms with Gasteiger partial charge in [-0.1, -0.05) is 24.3 Å². The van der Waals surface area contributed by atoms with Crippen LogP contribution < -0.4 is 25.1 Å². The van der Waals surface area contributed by atoms with Gasteiger partial charge >= 0.3 is 0 Å². The van der Waals surface area contributed by atoms with Gasteiger partial charge in [0, 0.05) is 24.9 Å². The highest BCUT2D eigenvalue weighted by Crippen LogP contribution is 2.31. The molecule has 0 saturated carbocycles. The van der Waals surface area contributed by atoms with Gasteiger partial charge in [-0.05, 0) is 42.7 Å². The Bertz CT molecular complexity index is 1210. The van der Waals surface area contributed by atoms with E-state index in [1.165, 1.54) is 0 Å². The molecule has 0 radical (unpaired) electrons. The number of nitrogens with zero attached hydrogens (tertiary/aromatic N) is 2. The van der Waals surface area contributed by atoms with Crippen molar-refractivity contribution < 1.29 is 19.0 Å². The van der Waals surface area contributed by atoms with Gasteiger partial charge in [0.15, 0.2) is 17.3 Å². The molecule has 35 heavy (non-hydrogen) atoms. The van der Waals surface area contributed by atoms with Crippen LogP contribution in [0.2, 0.25) is 0 Å². The summed E-state index contributed by atoms with van der Waals surface area (Å²) in [6.07, 6.45) is 3.45. The summed E-state index contributed by atoms with van der Waals surface area (Å²) in [5.41, 5.74) is 1.46. The van der Waals surface area contributed by atoms with Crippen LogP contribution in [-0.2, 0) is 17.6 Å². The van der Waals surface area contributed by atoms with Crippen molar-refractivity contribution in [1.29, 1.82) is 0 Å². The van der Waals surface area contributed by atoms with Crippen LogP contribution in [0.1, 0.15) is 24.1 Å². The number of benzene rings is 2. The molecule has 0 aliphatic carbocycles. The Balaban J connectivity index is 1.55. The predicted octanol–water partition coefficient (Wildman–Crippen LogP) is 3.10. The number of carbonyl (C=O) groups excluding carboxylic acids is 1. The van der Waals surface area contributed by atoms with Crippen molar-refractivity contribution >= 4 is 5.91 Å². The molecule has 0 aliphatic heterocycles. The topological polar surface area (TPSA) is 115 Å². The van der Waals surface area contributed by atoms with E-state index in [-0.39, 0.29) is 30.0 Å². The Hall–Kier alpha value is -4.14. The third-order valence-electron chi connectivity index (χ3n) is 5.28. The Labute approximate surface area is 204 Å². The van der Waals surface area contributed by atoms with Gasteiger partial charge in [0.25, 0.3) is 5.56 Å². The average Bonchev–Trinajstić information content (AvgIpc) is 2.88. The summed E-state index contributed by atoms with van der Waals surface area (Å²) >= 11 is 0. The third-order valence-corrected chi connectivity index (χ3v) is 5.28. The molecule has 0 aliphatic rings. The van der Waals surface area contributed by atoms with Crippen molar-refractivity contribution in [2.24, 2.45) is 0 Å². The summed E-state index contributed by atoms with van der Waals surface area (Å²) in [6.45, 7) is 4.62. The van der Waals surface area contributed by atoms with Crippen molar-refractivity contribution in [2.45, 2.75) is 25.7 Å². The predicted molar refractivity (Wildman–Crippen MR) is 133 cm³/mol. The van der Waals surface area contributed by atoms with Crippen molar-refractivity contribution in [3.8, 4) is 28.6 Å². The molecule has 0 bridgehead atoms. The molecule has 0 unspecified atom stereocenters. The van der Waals surface area contributed by atoms with Crippen molar-refractivity contribution in [2.75, 3.05) is 27.4 Å². The van der Waals surface area contributed by atoms with Crippen LogP contribution in [0.25, 0.3) is 11.4 Å². The Morgan fingerprint density at radius 2 is 1.86 bits per heavy atom. The Kier molecular flexibility index (Phi) is 9.41. The molecule has 0 atom stereocenters. The zero-order chi connectivity index (χ0) is 25.0. The first-order valence-electron chi connectivity index (χ1n) is 11.3. The van der Waals surface area contributed by atoms with Crippen LogP contribution in [0, 0.1) is 0 Å². The molecule has 0 saturated heterocycles. The maximum atomic E-state index is 12.5. The van der Waals surface area contributed by atoms with Crippen LogP contribution >= 0.6 is 0 Å². The zero-order valence-corrected chi connectivity index (χ0v) is 20.0. The number of aromatic amines is 1. The van der Waals surface area contributed by atoms with E-state index in [2.05, 4.69) is 27.1 Å². The third kappa shape index (κ3) is 7.17. The van der Waals surface area contributed by atoms with E-state index in [0.29, 0.717) is 48.9 Å². The van der Waals surface area contributed by atoms with Gasteiger partial charge in [-0.25, -0.2) is 0 Å². The first-order chi connectivity index (χ1) is 17.0. The normalized spacial score (nSPS) is 10.5.